The summed E-state index contributed by atoms with van der Waals surface area (Å²) in [6.07, 6.45) is 2.16. The largest absolute Gasteiger partial charge is 0.442 e. The first-order valence-electron chi connectivity index (χ1n) is 9.43. The quantitative estimate of drug-likeness (QED) is 0.665. The van der Waals surface area contributed by atoms with Gasteiger partial charge in [-0.05, 0) is 24.6 Å². The number of rotatable bonds is 7. The number of carbonyl (C=O) groups excluding carboxylic acids is 1. The van der Waals surface area contributed by atoms with E-state index in [1.807, 2.05) is 0 Å². The van der Waals surface area contributed by atoms with Crippen molar-refractivity contribution in [1.82, 2.24) is 9.88 Å². The molecule has 0 bridgehead atoms. The normalized spacial score (nSPS) is 21.9. The molecule has 2 aromatic rings. The van der Waals surface area contributed by atoms with Gasteiger partial charge in [0.2, 0.25) is 10.0 Å². The van der Waals surface area contributed by atoms with Crippen molar-refractivity contribution < 1.29 is 26.9 Å². The molecule has 2 atom stereocenters. The van der Waals surface area contributed by atoms with E-state index in [-0.39, 0.29) is 12.6 Å². The highest BCUT2D eigenvalue weighted by Crippen LogP contribution is 2.30. The minimum absolute atomic E-state index is 0.259. The number of hydrogen-bond acceptors (Lipinski definition) is 8. The summed E-state index contributed by atoms with van der Waals surface area (Å²) in [7, 11) is -3.31. The number of amides is 1. The summed E-state index contributed by atoms with van der Waals surface area (Å²) in [5.74, 6) is 0.0543. The molecule has 1 aromatic heterocycles. The lowest BCUT2D eigenvalue weighted by Crippen LogP contribution is -2.36. The molecule has 0 spiro atoms. The van der Waals surface area contributed by atoms with Crippen LogP contribution in [-0.4, -0.2) is 64.2 Å². The molecular weight excluding hydrogens is 417 g/mol. The fourth-order valence-corrected chi connectivity index (χ4v) is 4.46. The van der Waals surface area contributed by atoms with Crippen molar-refractivity contribution in [3.8, 4) is 0 Å². The molecule has 2 aliphatic rings. The maximum atomic E-state index is 14.8. The zero-order valence-corrected chi connectivity index (χ0v) is 17.1. The van der Waals surface area contributed by atoms with E-state index in [4.69, 9.17) is 9.26 Å². The van der Waals surface area contributed by atoms with Crippen LogP contribution in [0.25, 0.3) is 0 Å². The number of anilines is 3. The van der Waals surface area contributed by atoms with Gasteiger partial charge in [0.05, 0.1) is 30.7 Å². The molecule has 162 valence electrons. The number of cyclic esters (lactones) is 1. The van der Waals surface area contributed by atoms with Gasteiger partial charge in [0.15, 0.2) is 5.82 Å². The molecule has 2 aliphatic heterocycles. The first kappa shape index (κ1) is 20.4. The molecular formula is C18H22FN5O5S. The van der Waals surface area contributed by atoms with Crippen molar-refractivity contribution in [3.63, 3.8) is 0 Å². The van der Waals surface area contributed by atoms with Crippen LogP contribution in [0.1, 0.15) is 6.42 Å². The second-order valence-electron chi connectivity index (χ2n) is 7.34. The van der Waals surface area contributed by atoms with Gasteiger partial charge in [0.1, 0.15) is 18.2 Å². The molecule has 2 unspecified atom stereocenters. The minimum atomic E-state index is -3.31. The van der Waals surface area contributed by atoms with Gasteiger partial charge in [-0.1, -0.05) is 5.16 Å². The molecule has 3 heterocycles. The second kappa shape index (κ2) is 8.11. The van der Waals surface area contributed by atoms with Gasteiger partial charge in [-0.25, -0.2) is 22.3 Å². The van der Waals surface area contributed by atoms with Gasteiger partial charge in [0.25, 0.3) is 0 Å². The molecule has 12 heteroatoms. The fraction of sp³-hybridized carbons (Fsp3) is 0.444. The predicted octanol–water partition coefficient (Wildman–Crippen LogP) is 1.38. The lowest BCUT2D eigenvalue weighted by Gasteiger charge is -2.21. The van der Waals surface area contributed by atoms with E-state index in [9.17, 15) is 17.6 Å². The number of ether oxygens (including phenoxy) is 1. The second-order valence-corrected chi connectivity index (χ2v) is 9.12. The molecule has 2 N–H and O–H groups in total. The molecule has 1 amide bonds. The van der Waals surface area contributed by atoms with E-state index in [1.54, 1.807) is 23.1 Å². The van der Waals surface area contributed by atoms with E-state index in [0.717, 1.165) is 6.26 Å². The lowest BCUT2D eigenvalue weighted by atomic mass is 10.2. The molecule has 1 aromatic carbocycles. The van der Waals surface area contributed by atoms with Crippen LogP contribution in [0.15, 0.2) is 35.1 Å². The van der Waals surface area contributed by atoms with E-state index in [1.165, 1.54) is 17.2 Å². The summed E-state index contributed by atoms with van der Waals surface area (Å²) in [6.45, 7) is 1.53. The third-order valence-corrected chi connectivity index (χ3v) is 5.74. The predicted molar refractivity (Wildman–Crippen MR) is 108 cm³/mol. The molecule has 2 saturated heterocycles. The summed E-state index contributed by atoms with van der Waals surface area (Å²) >= 11 is 0. The maximum Gasteiger partial charge on any atom is 0.414 e. The Kier molecular flexibility index (Phi) is 5.52. The van der Waals surface area contributed by atoms with Gasteiger partial charge < -0.3 is 19.5 Å². The molecule has 4 rings (SSSR count). The molecule has 30 heavy (non-hydrogen) atoms. The smallest absolute Gasteiger partial charge is 0.414 e. The number of nitrogens with zero attached hydrogens (tertiary/aromatic N) is 3. The van der Waals surface area contributed by atoms with Crippen molar-refractivity contribution in [1.29, 1.82) is 0 Å². The lowest BCUT2D eigenvalue weighted by molar-refractivity contribution is 0.147. The Morgan fingerprint density at radius 3 is 2.83 bits per heavy atom. The molecule has 0 aliphatic carbocycles. The van der Waals surface area contributed by atoms with Crippen LogP contribution >= 0.6 is 0 Å². The van der Waals surface area contributed by atoms with Gasteiger partial charge in [-0.15, -0.1) is 0 Å². The number of aromatic nitrogens is 1. The van der Waals surface area contributed by atoms with E-state index in [0.29, 0.717) is 43.2 Å². The molecule has 2 fully saturated rings. The van der Waals surface area contributed by atoms with Crippen molar-refractivity contribution >= 4 is 33.3 Å². The van der Waals surface area contributed by atoms with E-state index >= 15 is 0 Å². The van der Waals surface area contributed by atoms with Crippen molar-refractivity contribution in [2.45, 2.75) is 18.6 Å². The number of benzene rings is 1. The maximum absolute atomic E-state index is 14.8. The molecule has 0 radical (unpaired) electrons. The van der Waals surface area contributed by atoms with Gasteiger partial charge in [0, 0.05) is 25.2 Å². The van der Waals surface area contributed by atoms with E-state index in [2.05, 4.69) is 15.2 Å². The van der Waals surface area contributed by atoms with Crippen LogP contribution in [0.4, 0.5) is 26.4 Å². The molecule has 0 saturated carbocycles. The van der Waals surface area contributed by atoms with Crippen LogP contribution in [0.5, 0.6) is 0 Å². The van der Waals surface area contributed by atoms with Crippen LogP contribution in [0.2, 0.25) is 0 Å². The number of halogens is 1. The fourth-order valence-electron chi connectivity index (χ4n) is 3.66. The van der Waals surface area contributed by atoms with Gasteiger partial charge in [-0.3, -0.25) is 4.90 Å². The zero-order valence-electron chi connectivity index (χ0n) is 16.2. The monoisotopic (exact) mass is 439 g/mol. The van der Waals surface area contributed by atoms with Crippen molar-refractivity contribution in [3.05, 3.63) is 36.3 Å². The molecule has 10 nitrogen and oxygen atoms in total. The standard InChI is InChI=1S/C18H22FN5O5S/c1-30(26,27)22-12-4-6-23(10-12)16-3-2-13(8-15(16)19)24-11-14(29-18(24)25)9-20-17-5-7-28-21-17/h2-3,5,7-8,12,14,22H,4,6,9-11H2,1H3,(H,20,21). The van der Waals surface area contributed by atoms with Gasteiger partial charge >= 0.3 is 6.09 Å². The Morgan fingerprint density at radius 1 is 1.30 bits per heavy atom. The number of hydrogen-bond donors (Lipinski definition) is 2. The Morgan fingerprint density at radius 2 is 2.13 bits per heavy atom. The Labute approximate surface area is 173 Å². The number of carbonyl (C=O) groups is 1. The van der Waals surface area contributed by atoms with Crippen LogP contribution in [-0.2, 0) is 14.8 Å². The SMILES string of the molecule is CS(=O)(=O)NC1CCN(c2ccc(N3CC(CNc4ccon4)OC3=O)cc2F)C1. The minimum Gasteiger partial charge on any atom is -0.442 e. The van der Waals surface area contributed by atoms with Crippen LogP contribution in [0.3, 0.4) is 0 Å². The summed E-state index contributed by atoms with van der Waals surface area (Å²) in [5.41, 5.74) is 0.767. The van der Waals surface area contributed by atoms with E-state index < -0.39 is 28.0 Å². The number of sulfonamides is 1. The van der Waals surface area contributed by atoms with Crippen LogP contribution in [0, 0.1) is 5.82 Å². The Bertz CT molecular complexity index is 1020. The Balaban J connectivity index is 1.39. The zero-order chi connectivity index (χ0) is 21.3. The summed E-state index contributed by atoms with van der Waals surface area (Å²) in [4.78, 5) is 15.4. The average molecular weight is 439 g/mol. The summed E-state index contributed by atoms with van der Waals surface area (Å²) in [6, 6.07) is 5.94. The highest BCUT2D eigenvalue weighted by Gasteiger charge is 2.33. The van der Waals surface area contributed by atoms with Crippen molar-refractivity contribution in [2.75, 3.05) is 47.6 Å². The Hall–Kier alpha value is -2.86. The van der Waals surface area contributed by atoms with Gasteiger partial charge in [-0.2, -0.15) is 0 Å². The average Bonchev–Trinajstić information content (AvgIpc) is 3.40. The first-order chi connectivity index (χ1) is 14.3. The summed E-state index contributed by atoms with van der Waals surface area (Å²) < 4.78 is 50.2. The third-order valence-electron chi connectivity index (χ3n) is 4.98. The third kappa shape index (κ3) is 4.65. The topological polar surface area (TPSA) is 117 Å². The van der Waals surface area contributed by atoms with Crippen LogP contribution < -0.4 is 19.8 Å². The summed E-state index contributed by atoms with van der Waals surface area (Å²) in [5, 5.41) is 6.72. The van der Waals surface area contributed by atoms with Crippen molar-refractivity contribution in [2.24, 2.45) is 0 Å². The number of nitrogens with one attached hydrogen (secondary N) is 2. The highest BCUT2D eigenvalue weighted by atomic mass is 32.2. The highest BCUT2D eigenvalue weighted by molar-refractivity contribution is 7.88. The first-order valence-corrected chi connectivity index (χ1v) is 11.3.